The van der Waals surface area contributed by atoms with E-state index in [1.807, 2.05) is 11.8 Å². The molecule has 1 aromatic carbocycles. The number of hydrogen-bond donors (Lipinski definition) is 1. The van der Waals surface area contributed by atoms with Crippen LogP contribution in [0.2, 0.25) is 5.02 Å². The van der Waals surface area contributed by atoms with Gasteiger partial charge in [0.25, 0.3) is 5.91 Å². The van der Waals surface area contributed by atoms with Crippen molar-refractivity contribution in [2.75, 3.05) is 6.54 Å². The van der Waals surface area contributed by atoms with Gasteiger partial charge >= 0.3 is 5.97 Å². The Morgan fingerprint density at radius 3 is 2.62 bits per heavy atom. The minimum absolute atomic E-state index is 0.0254. The number of carboxylic acids is 1. The van der Waals surface area contributed by atoms with Crippen LogP contribution in [-0.2, 0) is 4.79 Å². The van der Waals surface area contributed by atoms with Crippen LogP contribution in [0.3, 0.4) is 0 Å². The van der Waals surface area contributed by atoms with Gasteiger partial charge in [-0.25, -0.2) is 4.79 Å². The van der Waals surface area contributed by atoms with Crippen molar-refractivity contribution in [1.29, 1.82) is 0 Å². The van der Waals surface area contributed by atoms with Crippen molar-refractivity contribution in [2.45, 2.75) is 26.3 Å². The van der Waals surface area contributed by atoms with Crippen LogP contribution >= 0.6 is 11.6 Å². The third-order valence-electron chi connectivity index (χ3n) is 3.70. The van der Waals surface area contributed by atoms with Crippen LogP contribution in [0.15, 0.2) is 24.3 Å². The Morgan fingerprint density at radius 1 is 1.38 bits per heavy atom. The van der Waals surface area contributed by atoms with Gasteiger partial charge in [0.05, 0.1) is 0 Å². The first kappa shape index (κ1) is 15.6. The van der Waals surface area contributed by atoms with Crippen LogP contribution in [0.25, 0.3) is 6.08 Å². The molecule has 112 valence electrons. The van der Waals surface area contributed by atoms with Crippen molar-refractivity contribution in [3.63, 3.8) is 0 Å². The number of nitrogens with zero attached hydrogens (tertiary/aromatic N) is 1. The van der Waals surface area contributed by atoms with Crippen LogP contribution in [0.5, 0.6) is 0 Å². The van der Waals surface area contributed by atoms with Crippen molar-refractivity contribution in [3.8, 4) is 0 Å². The molecule has 2 unspecified atom stereocenters. The average Bonchev–Trinajstić information content (AvgIpc) is 2.75. The van der Waals surface area contributed by atoms with Gasteiger partial charge in [0, 0.05) is 29.2 Å². The van der Waals surface area contributed by atoms with Crippen molar-refractivity contribution in [3.05, 3.63) is 40.4 Å². The standard InChI is InChI=1S/C16H18ClNO3/c1-10-7-11(2)18(9-10)16(21)13-4-3-12(14(17)8-13)5-6-15(19)20/h3-6,8,10-11H,7,9H2,1-2H3,(H,19,20)/b6-5+. The summed E-state index contributed by atoms with van der Waals surface area (Å²) < 4.78 is 0. The molecule has 1 aromatic rings. The van der Waals surface area contributed by atoms with Gasteiger partial charge in [-0.05, 0) is 43.0 Å². The number of aliphatic carboxylic acids is 1. The van der Waals surface area contributed by atoms with Crippen LogP contribution in [0.1, 0.15) is 36.2 Å². The number of rotatable bonds is 3. The van der Waals surface area contributed by atoms with Crippen molar-refractivity contribution >= 4 is 29.6 Å². The number of benzene rings is 1. The topological polar surface area (TPSA) is 57.6 Å². The molecule has 2 rings (SSSR count). The van der Waals surface area contributed by atoms with E-state index >= 15 is 0 Å². The fourth-order valence-corrected chi connectivity index (χ4v) is 2.95. The van der Waals surface area contributed by atoms with Gasteiger partial charge in [-0.1, -0.05) is 24.6 Å². The van der Waals surface area contributed by atoms with E-state index in [2.05, 4.69) is 6.92 Å². The fourth-order valence-electron chi connectivity index (χ4n) is 2.71. The van der Waals surface area contributed by atoms with E-state index in [1.165, 1.54) is 6.08 Å². The normalized spacial score (nSPS) is 22.0. The highest BCUT2D eigenvalue weighted by atomic mass is 35.5. The first-order chi connectivity index (χ1) is 9.88. The van der Waals surface area contributed by atoms with E-state index < -0.39 is 5.97 Å². The van der Waals surface area contributed by atoms with Crippen molar-refractivity contribution < 1.29 is 14.7 Å². The molecular formula is C16H18ClNO3. The van der Waals surface area contributed by atoms with Gasteiger partial charge < -0.3 is 10.0 Å². The molecule has 5 heteroatoms. The molecule has 0 bridgehead atoms. The molecule has 1 fully saturated rings. The van der Waals surface area contributed by atoms with E-state index in [4.69, 9.17) is 16.7 Å². The second-order valence-corrected chi connectivity index (χ2v) is 5.96. The Morgan fingerprint density at radius 2 is 2.10 bits per heavy atom. The molecular weight excluding hydrogens is 290 g/mol. The summed E-state index contributed by atoms with van der Waals surface area (Å²) in [5, 5.41) is 8.99. The number of carboxylic acid groups (broad SMARTS) is 1. The first-order valence-corrected chi connectivity index (χ1v) is 7.27. The predicted octanol–water partition coefficient (Wildman–Crippen LogP) is 3.31. The van der Waals surface area contributed by atoms with Crippen LogP contribution in [-0.4, -0.2) is 34.5 Å². The van der Waals surface area contributed by atoms with Gasteiger partial charge in [-0.2, -0.15) is 0 Å². The fraction of sp³-hybridized carbons (Fsp3) is 0.375. The summed E-state index contributed by atoms with van der Waals surface area (Å²) in [5.74, 6) is -0.550. The third kappa shape index (κ3) is 3.64. The van der Waals surface area contributed by atoms with E-state index in [1.54, 1.807) is 18.2 Å². The summed E-state index contributed by atoms with van der Waals surface area (Å²) in [4.78, 5) is 24.9. The number of carbonyl (C=O) groups is 2. The zero-order valence-electron chi connectivity index (χ0n) is 12.0. The molecule has 0 spiro atoms. The largest absolute Gasteiger partial charge is 0.478 e. The molecule has 1 saturated heterocycles. The monoisotopic (exact) mass is 307 g/mol. The smallest absolute Gasteiger partial charge is 0.328 e. The van der Waals surface area contributed by atoms with Gasteiger partial charge in [0.15, 0.2) is 0 Å². The minimum atomic E-state index is -1.04. The van der Waals surface area contributed by atoms with E-state index in [-0.39, 0.29) is 11.9 Å². The summed E-state index contributed by atoms with van der Waals surface area (Å²) in [6.07, 6.45) is 3.45. The predicted molar refractivity (Wildman–Crippen MR) is 82.4 cm³/mol. The second-order valence-electron chi connectivity index (χ2n) is 5.56. The third-order valence-corrected chi connectivity index (χ3v) is 4.02. The average molecular weight is 308 g/mol. The minimum Gasteiger partial charge on any atom is -0.478 e. The lowest BCUT2D eigenvalue weighted by Crippen LogP contribution is -2.33. The molecule has 1 amide bonds. The van der Waals surface area contributed by atoms with Crippen molar-refractivity contribution in [2.24, 2.45) is 5.92 Å². The first-order valence-electron chi connectivity index (χ1n) is 6.90. The van der Waals surface area contributed by atoms with Gasteiger partial charge in [-0.15, -0.1) is 0 Å². The number of likely N-dealkylation sites (tertiary alicyclic amines) is 1. The number of halogens is 1. The van der Waals surface area contributed by atoms with Crippen LogP contribution < -0.4 is 0 Å². The molecule has 0 saturated carbocycles. The maximum absolute atomic E-state index is 12.5. The molecule has 4 nitrogen and oxygen atoms in total. The molecule has 0 aromatic heterocycles. The summed E-state index contributed by atoms with van der Waals surface area (Å²) in [5.41, 5.74) is 1.12. The molecule has 1 aliphatic rings. The maximum atomic E-state index is 12.5. The highest BCUT2D eigenvalue weighted by Crippen LogP contribution is 2.26. The summed E-state index contributed by atoms with van der Waals surface area (Å²) in [7, 11) is 0. The van der Waals surface area contributed by atoms with Crippen LogP contribution in [0, 0.1) is 5.92 Å². The SMILES string of the molecule is CC1CC(C)N(C(=O)c2ccc(/C=C/C(=O)O)c(Cl)c2)C1. The lowest BCUT2D eigenvalue weighted by molar-refractivity contribution is -0.131. The molecule has 1 N–H and O–H groups in total. The second kappa shape index (κ2) is 6.31. The molecule has 21 heavy (non-hydrogen) atoms. The van der Waals surface area contributed by atoms with Gasteiger partial charge in [0.1, 0.15) is 0 Å². The van der Waals surface area contributed by atoms with Crippen LogP contribution in [0.4, 0.5) is 0 Å². The lowest BCUT2D eigenvalue weighted by Gasteiger charge is -2.21. The quantitative estimate of drug-likeness (QED) is 0.872. The summed E-state index contributed by atoms with van der Waals surface area (Å²) in [6.45, 7) is 4.95. The van der Waals surface area contributed by atoms with E-state index in [0.29, 0.717) is 22.1 Å². The Kier molecular flexibility index (Phi) is 4.68. The van der Waals surface area contributed by atoms with E-state index in [0.717, 1.165) is 19.0 Å². The summed E-state index contributed by atoms with van der Waals surface area (Å²) in [6, 6.07) is 5.18. The molecule has 0 radical (unpaired) electrons. The maximum Gasteiger partial charge on any atom is 0.328 e. The highest BCUT2D eigenvalue weighted by Gasteiger charge is 2.30. The number of hydrogen-bond acceptors (Lipinski definition) is 2. The zero-order chi connectivity index (χ0) is 15.6. The molecule has 1 aliphatic heterocycles. The Labute approximate surface area is 129 Å². The highest BCUT2D eigenvalue weighted by molar-refractivity contribution is 6.32. The Balaban J connectivity index is 2.20. The van der Waals surface area contributed by atoms with Crippen molar-refractivity contribution in [1.82, 2.24) is 4.90 Å². The molecule has 2 atom stereocenters. The Hall–Kier alpha value is -1.81. The number of carbonyl (C=O) groups excluding carboxylic acids is 1. The van der Waals surface area contributed by atoms with Gasteiger partial charge in [-0.3, -0.25) is 4.79 Å². The molecule has 0 aliphatic carbocycles. The summed E-state index contributed by atoms with van der Waals surface area (Å²) >= 11 is 6.11. The molecule has 1 heterocycles. The zero-order valence-corrected chi connectivity index (χ0v) is 12.8. The lowest BCUT2D eigenvalue weighted by atomic mass is 10.1. The number of amides is 1. The Bertz CT molecular complexity index is 597. The van der Waals surface area contributed by atoms with E-state index in [9.17, 15) is 9.59 Å². The van der Waals surface area contributed by atoms with Gasteiger partial charge in [0.2, 0.25) is 0 Å².